The van der Waals surface area contributed by atoms with E-state index in [1.807, 2.05) is 13.0 Å². The predicted octanol–water partition coefficient (Wildman–Crippen LogP) is 2.67. The molecule has 0 amide bonds. The first-order valence-corrected chi connectivity index (χ1v) is 7.28. The van der Waals surface area contributed by atoms with E-state index in [-0.39, 0.29) is 6.04 Å². The van der Waals surface area contributed by atoms with Crippen LogP contribution in [-0.4, -0.2) is 31.6 Å². The Hall–Kier alpha value is -1.06. The van der Waals surface area contributed by atoms with Crippen LogP contribution in [0.15, 0.2) is 24.3 Å². The van der Waals surface area contributed by atoms with Crippen LogP contribution < -0.4 is 10.5 Å². The molecule has 0 aliphatic heterocycles. The number of likely N-dealkylation sites (N-methyl/N-ethyl adjacent to an activating group) is 1. The summed E-state index contributed by atoms with van der Waals surface area (Å²) < 4.78 is 5.57. The smallest absolute Gasteiger partial charge is 0.119 e. The van der Waals surface area contributed by atoms with Crippen LogP contribution >= 0.6 is 0 Å². The quantitative estimate of drug-likeness (QED) is 0.821. The van der Waals surface area contributed by atoms with E-state index < -0.39 is 0 Å². The number of hydrogen-bond donors (Lipinski definition) is 1. The Kier molecular flexibility index (Phi) is 4.83. The summed E-state index contributed by atoms with van der Waals surface area (Å²) in [5.74, 6) is 2.68. The summed E-state index contributed by atoms with van der Waals surface area (Å²) in [5, 5.41) is 0. The lowest BCUT2D eigenvalue weighted by Gasteiger charge is -2.27. The molecule has 1 aromatic carbocycles. The molecule has 1 aliphatic carbocycles. The summed E-state index contributed by atoms with van der Waals surface area (Å²) in [6.07, 6.45) is 1.36. The lowest BCUT2D eigenvalue weighted by molar-refractivity contribution is 0.236. The first-order chi connectivity index (χ1) is 9.15. The zero-order valence-electron chi connectivity index (χ0n) is 12.3. The van der Waals surface area contributed by atoms with Crippen molar-refractivity contribution >= 4 is 0 Å². The van der Waals surface area contributed by atoms with Crippen LogP contribution in [0, 0.1) is 11.8 Å². The van der Waals surface area contributed by atoms with Gasteiger partial charge in [-0.25, -0.2) is 0 Å². The first-order valence-electron chi connectivity index (χ1n) is 7.28. The van der Waals surface area contributed by atoms with E-state index in [4.69, 9.17) is 10.5 Å². The molecule has 0 bridgehead atoms. The van der Waals surface area contributed by atoms with Crippen LogP contribution in [-0.2, 0) is 0 Å². The largest absolute Gasteiger partial charge is 0.494 e. The molecule has 0 radical (unpaired) electrons. The molecule has 0 heterocycles. The minimum atomic E-state index is 0.285. The van der Waals surface area contributed by atoms with Crippen molar-refractivity contribution in [3.8, 4) is 5.75 Å². The van der Waals surface area contributed by atoms with E-state index in [9.17, 15) is 0 Å². The van der Waals surface area contributed by atoms with E-state index >= 15 is 0 Å². The van der Waals surface area contributed by atoms with Crippen LogP contribution in [0.5, 0.6) is 5.75 Å². The minimum Gasteiger partial charge on any atom is -0.494 e. The Labute approximate surface area is 116 Å². The van der Waals surface area contributed by atoms with Crippen LogP contribution in [0.25, 0.3) is 0 Å². The fourth-order valence-corrected chi connectivity index (χ4v) is 2.70. The molecule has 0 spiro atoms. The van der Waals surface area contributed by atoms with Crippen LogP contribution in [0.1, 0.15) is 31.9 Å². The average Bonchev–Trinajstić information content (AvgIpc) is 3.06. The Morgan fingerprint density at radius 1 is 1.47 bits per heavy atom. The van der Waals surface area contributed by atoms with Gasteiger partial charge in [-0.1, -0.05) is 19.1 Å². The van der Waals surface area contributed by atoms with E-state index in [0.29, 0.717) is 13.2 Å². The van der Waals surface area contributed by atoms with Gasteiger partial charge in [-0.2, -0.15) is 0 Å². The minimum absolute atomic E-state index is 0.285. The SMILES string of the molecule is CCOc1cccc(C(CN)N(C)CC2CC2C)c1. The highest BCUT2D eigenvalue weighted by molar-refractivity contribution is 5.30. The monoisotopic (exact) mass is 262 g/mol. The Bertz CT molecular complexity index is 407. The molecular formula is C16H26N2O. The molecule has 2 N–H and O–H groups in total. The molecule has 19 heavy (non-hydrogen) atoms. The molecule has 1 aliphatic rings. The van der Waals surface area contributed by atoms with Gasteiger partial charge in [-0.3, -0.25) is 4.90 Å². The number of ether oxygens (including phenoxy) is 1. The van der Waals surface area contributed by atoms with Gasteiger partial charge in [-0.15, -0.1) is 0 Å². The normalized spacial score (nSPS) is 23.4. The average molecular weight is 262 g/mol. The molecule has 3 nitrogen and oxygen atoms in total. The Morgan fingerprint density at radius 2 is 2.21 bits per heavy atom. The molecule has 106 valence electrons. The second-order valence-electron chi connectivity index (χ2n) is 5.67. The third-order valence-electron chi connectivity index (χ3n) is 4.11. The topological polar surface area (TPSA) is 38.5 Å². The van der Waals surface area contributed by atoms with E-state index in [1.54, 1.807) is 0 Å². The third kappa shape index (κ3) is 3.71. The Morgan fingerprint density at radius 3 is 2.79 bits per heavy atom. The maximum atomic E-state index is 5.98. The summed E-state index contributed by atoms with van der Waals surface area (Å²) in [6.45, 7) is 6.82. The van der Waals surface area contributed by atoms with Crippen molar-refractivity contribution in [3.63, 3.8) is 0 Å². The van der Waals surface area contributed by atoms with Crippen molar-refractivity contribution in [2.75, 3.05) is 26.7 Å². The van der Waals surface area contributed by atoms with Crippen LogP contribution in [0.4, 0.5) is 0 Å². The molecule has 3 atom stereocenters. The summed E-state index contributed by atoms with van der Waals surface area (Å²) >= 11 is 0. The number of benzene rings is 1. The number of hydrogen-bond acceptors (Lipinski definition) is 3. The fourth-order valence-electron chi connectivity index (χ4n) is 2.70. The van der Waals surface area contributed by atoms with Crippen molar-refractivity contribution in [2.24, 2.45) is 17.6 Å². The van der Waals surface area contributed by atoms with Crippen LogP contribution in [0.3, 0.4) is 0 Å². The second kappa shape index (κ2) is 6.40. The maximum Gasteiger partial charge on any atom is 0.119 e. The summed E-state index contributed by atoms with van der Waals surface area (Å²) in [6, 6.07) is 8.61. The van der Waals surface area contributed by atoms with Crippen molar-refractivity contribution < 1.29 is 4.74 Å². The van der Waals surface area contributed by atoms with Crippen molar-refractivity contribution in [1.82, 2.24) is 4.90 Å². The van der Waals surface area contributed by atoms with Gasteiger partial charge in [0.05, 0.1) is 6.61 Å². The zero-order valence-corrected chi connectivity index (χ0v) is 12.3. The van der Waals surface area contributed by atoms with Gasteiger partial charge in [0.2, 0.25) is 0 Å². The molecule has 1 fully saturated rings. The lowest BCUT2D eigenvalue weighted by atomic mass is 10.0. The molecule has 3 heteroatoms. The summed E-state index contributed by atoms with van der Waals surface area (Å²) in [4.78, 5) is 2.39. The molecular weight excluding hydrogens is 236 g/mol. The molecule has 1 saturated carbocycles. The van der Waals surface area contributed by atoms with Gasteiger partial charge in [-0.05, 0) is 49.9 Å². The second-order valence-corrected chi connectivity index (χ2v) is 5.67. The van der Waals surface area contributed by atoms with Gasteiger partial charge in [0.1, 0.15) is 5.75 Å². The van der Waals surface area contributed by atoms with E-state index in [0.717, 1.165) is 24.1 Å². The van der Waals surface area contributed by atoms with Gasteiger partial charge in [0.15, 0.2) is 0 Å². The number of rotatable bonds is 7. The molecule has 0 saturated heterocycles. The zero-order chi connectivity index (χ0) is 13.8. The number of nitrogens with two attached hydrogens (primary N) is 1. The Balaban J connectivity index is 2.04. The van der Waals surface area contributed by atoms with Crippen molar-refractivity contribution in [3.05, 3.63) is 29.8 Å². The summed E-state index contributed by atoms with van der Waals surface area (Å²) in [7, 11) is 2.18. The lowest BCUT2D eigenvalue weighted by Crippen LogP contribution is -2.32. The number of nitrogens with zero attached hydrogens (tertiary/aromatic N) is 1. The van der Waals surface area contributed by atoms with E-state index in [2.05, 4.69) is 37.1 Å². The molecule has 1 aromatic rings. The van der Waals surface area contributed by atoms with Gasteiger partial charge in [0, 0.05) is 19.1 Å². The molecule has 2 rings (SSSR count). The first kappa shape index (κ1) is 14.4. The fraction of sp³-hybridized carbons (Fsp3) is 0.625. The third-order valence-corrected chi connectivity index (χ3v) is 4.11. The highest BCUT2D eigenvalue weighted by Gasteiger charge is 2.34. The molecule has 3 unspecified atom stereocenters. The maximum absolute atomic E-state index is 5.98. The van der Waals surface area contributed by atoms with Gasteiger partial charge in [0.25, 0.3) is 0 Å². The summed E-state index contributed by atoms with van der Waals surface area (Å²) in [5.41, 5.74) is 7.23. The van der Waals surface area contributed by atoms with Crippen molar-refractivity contribution in [1.29, 1.82) is 0 Å². The standard InChI is InChI=1S/C16H26N2O/c1-4-19-15-7-5-6-13(9-15)16(10-17)18(3)11-14-8-12(14)2/h5-7,9,12,14,16H,4,8,10-11,17H2,1-3H3. The van der Waals surface area contributed by atoms with Crippen molar-refractivity contribution in [2.45, 2.75) is 26.3 Å². The predicted molar refractivity (Wildman–Crippen MR) is 79.3 cm³/mol. The molecule has 0 aromatic heterocycles. The van der Waals surface area contributed by atoms with E-state index in [1.165, 1.54) is 12.0 Å². The highest BCUT2D eigenvalue weighted by atomic mass is 16.5. The van der Waals surface area contributed by atoms with Gasteiger partial charge < -0.3 is 10.5 Å². The highest BCUT2D eigenvalue weighted by Crippen LogP contribution is 2.39. The van der Waals surface area contributed by atoms with Crippen LogP contribution in [0.2, 0.25) is 0 Å². The van der Waals surface area contributed by atoms with Gasteiger partial charge >= 0.3 is 0 Å².